The molecule has 1 aromatic carbocycles. The molecule has 1 saturated heterocycles. The lowest BCUT2D eigenvalue weighted by atomic mass is 10.0. The standard InChI is InChI=1S/C13H18F2N2/c1-9-6-12(14)13(15)7-10(9)8-17-11-2-4-16-5-3-11/h6-7,11,16-17H,2-5,8H2,1H3. The molecule has 1 aromatic rings. The molecule has 0 atom stereocenters. The molecule has 0 aromatic heterocycles. The summed E-state index contributed by atoms with van der Waals surface area (Å²) in [5, 5.41) is 6.69. The fourth-order valence-corrected chi connectivity index (χ4v) is 2.16. The number of nitrogens with one attached hydrogen (secondary N) is 2. The van der Waals surface area contributed by atoms with E-state index in [9.17, 15) is 8.78 Å². The molecule has 0 aliphatic carbocycles. The number of halogens is 2. The summed E-state index contributed by atoms with van der Waals surface area (Å²) in [5.74, 6) is -1.54. The number of piperidine rings is 1. The second-order valence-corrected chi connectivity index (χ2v) is 4.60. The number of rotatable bonds is 3. The first-order chi connectivity index (χ1) is 8.16. The zero-order valence-corrected chi connectivity index (χ0v) is 10.0. The maximum Gasteiger partial charge on any atom is 0.159 e. The van der Waals surface area contributed by atoms with Gasteiger partial charge in [-0.2, -0.15) is 0 Å². The Balaban J connectivity index is 1.96. The van der Waals surface area contributed by atoms with Crippen molar-refractivity contribution in [1.82, 2.24) is 10.6 Å². The third kappa shape index (κ3) is 3.23. The van der Waals surface area contributed by atoms with E-state index in [1.807, 2.05) is 6.92 Å². The van der Waals surface area contributed by atoms with Crippen LogP contribution in [0.2, 0.25) is 0 Å². The van der Waals surface area contributed by atoms with Crippen molar-refractivity contribution in [3.8, 4) is 0 Å². The van der Waals surface area contributed by atoms with E-state index in [0.717, 1.165) is 37.1 Å². The van der Waals surface area contributed by atoms with Crippen molar-refractivity contribution in [2.24, 2.45) is 0 Å². The van der Waals surface area contributed by atoms with Gasteiger partial charge in [-0.15, -0.1) is 0 Å². The topological polar surface area (TPSA) is 24.1 Å². The summed E-state index contributed by atoms with van der Waals surface area (Å²) in [6, 6.07) is 3.02. The molecule has 2 N–H and O–H groups in total. The maximum absolute atomic E-state index is 13.1. The van der Waals surface area contributed by atoms with Gasteiger partial charge in [0.25, 0.3) is 0 Å². The molecule has 17 heavy (non-hydrogen) atoms. The third-order valence-electron chi connectivity index (χ3n) is 3.30. The van der Waals surface area contributed by atoms with Crippen LogP contribution in [0.3, 0.4) is 0 Å². The zero-order chi connectivity index (χ0) is 12.3. The largest absolute Gasteiger partial charge is 0.317 e. The van der Waals surface area contributed by atoms with Crippen LogP contribution in [0, 0.1) is 18.6 Å². The Bertz CT molecular complexity index is 387. The van der Waals surface area contributed by atoms with Gasteiger partial charge in [-0.1, -0.05) is 0 Å². The molecule has 1 fully saturated rings. The molecule has 0 saturated carbocycles. The van der Waals surface area contributed by atoms with Gasteiger partial charge >= 0.3 is 0 Å². The Labute approximate surface area is 100 Å². The second-order valence-electron chi connectivity index (χ2n) is 4.60. The van der Waals surface area contributed by atoms with Gasteiger partial charge in [-0.05, 0) is 56.1 Å². The molecule has 0 bridgehead atoms. The third-order valence-corrected chi connectivity index (χ3v) is 3.30. The lowest BCUT2D eigenvalue weighted by molar-refractivity contribution is 0.385. The molecular weight excluding hydrogens is 222 g/mol. The summed E-state index contributed by atoms with van der Waals surface area (Å²) in [6.07, 6.45) is 2.17. The van der Waals surface area contributed by atoms with E-state index in [-0.39, 0.29) is 0 Å². The van der Waals surface area contributed by atoms with Gasteiger partial charge in [0.1, 0.15) is 0 Å². The highest BCUT2D eigenvalue weighted by Gasteiger charge is 2.13. The molecule has 94 valence electrons. The molecule has 2 rings (SSSR count). The summed E-state index contributed by atoms with van der Waals surface area (Å²) in [4.78, 5) is 0. The minimum Gasteiger partial charge on any atom is -0.317 e. The van der Waals surface area contributed by atoms with Crippen molar-refractivity contribution >= 4 is 0 Å². The van der Waals surface area contributed by atoms with Gasteiger partial charge in [-0.25, -0.2) is 8.78 Å². The number of benzene rings is 1. The summed E-state index contributed by atoms with van der Waals surface area (Å²) in [6.45, 7) is 4.46. The molecule has 4 heteroatoms. The van der Waals surface area contributed by atoms with Crippen molar-refractivity contribution in [3.63, 3.8) is 0 Å². The van der Waals surface area contributed by atoms with Crippen LogP contribution in [0.15, 0.2) is 12.1 Å². The predicted molar refractivity (Wildman–Crippen MR) is 63.8 cm³/mol. The summed E-state index contributed by atoms with van der Waals surface area (Å²) < 4.78 is 26.1. The van der Waals surface area contributed by atoms with Gasteiger partial charge < -0.3 is 10.6 Å². The van der Waals surface area contributed by atoms with Gasteiger partial charge in [0.2, 0.25) is 0 Å². The van der Waals surface area contributed by atoms with Crippen LogP contribution in [0.1, 0.15) is 24.0 Å². The fraction of sp³-hybridized carbons (Fsp3) is 0.538. The van der Waals surface area contributed by atoms with Crippen molar-refractivity contribution in [2.75, 3.05) is 13.1 Å². The van der Waals surface area contributed by atoms with Crippen LogP contribution in [-0.4, -0.2) is 19.1 Å². The van der Waals surface area contributed by atoms with E-state index >= 15 is 0 Å². The van der Waals surface area contributed by atoms with Gasteiger partial charge in [0.15, 0.2) is 11.6 Å². The number of hydrogen-bond acceptors (Lipinski definition) is 2. The van der Waals surface area contributed by atoms with E-state index in [0.29, 0.717) is 12.6 Å². The smallest absolute Gasteiger partial charge is 0.159 e. The van der Waals surface area contributed by atoms with Gasteiger partial charge in [0, 0.05) is 12.6 Å². The van der Waals surface area contributed by atoms with Crippen molar-refractivity contribution < 1.29 is 8.78 Å². The normalized spacial score (nSPS) is 17.4. The zero-order valence-electron chi connectivity index (χ0n) is 10.0. The first kappa shape index (κ1) is 12.5. The quantitative estimate of drug-likeness (QED) is 0.845. The molecule has 2 nitrogen and oxygen atoms in total. The van der Waals surface area contributed by atoms with Gasteiger partial charge in [-0.3, -0.25) is 0 Å². The lowest BCUT2D eigenvalue weighted by Gasteiger charge is -2.24. The Hall–Kier alpha value is -1.00. The predicted octanol–water partition coefficient (Wildman–Crippen LogP) is 2.11. The van der Waals surface area contributed by atoms with E-state index in [1.165, 1.54) is 12.1 Å². The fourth-order valence-electron chi connectivity index (χ4n) is 2.16. The molecule has 0 spiro atoms. The number of hydrogen-bond donors (Lipinski definition) is 2. The highest BCUT2D eigenvalue weighted by molar-refractivity contribution is 5.27. The average Bonchev–Trinajstić information content (AvgIpc) is 2.33. The average molecular weight is 240 g/mol. The van der Waals surface area contributed by atoms with E-state index in [1.54, 1.807) is 0 Å². The highest BCUT2D eigenvalue weighted by Crippen LogP contribution is 2.14. The van der Waals surface area contributed by atoms with Crippen LogP contribution in [0.5, 0.6) is 0 Å². The lowest BCUT2D eigenvalue weighted by Crippen LogP contribution is -2.39. The van der Waals surface area contributed by atoms with Crippen LogP contribution in [-0.2, 0) is 6.54 Å². The van der Waals surface area contributed by atoms with E-state index in [4.69, 9.17) is 0 Å². The molecule has 0 amide bonds. The molecule has 0 unspecified atom stereocenters. The maximum atomic E-state index is 13.1. The Morgan fingerprint density at radius 3 is 2.59 bits per heavy atom. The second kappa shape index (κ2) is 5.56. The minimum absolute atomic E-state index is 0.476. The summed E-state index contributed by atoms with van der Waals surface area (Å²) >= 11 is 0. The van der Waals surface area contributed by atoms with E-state index < -0.39 is 11.6 Å². The molecular formula is C13H18F2N2. The first-order valence-corrected chi connectivity index (χ1v) is 6.05. The van der Waals surface area contributed by atoms with Crippen LogP contribution in [0.25, 0.3) is 0 Å². The molecule has 0 radical (unpaired) electrons. The summed E-state index contributed by atoms with van der Waals surface area (Å²) in [7, 11) is 0. The monoisotopic (exact) mass is 240 g/mol. The van der Waals surface area contributed by atoms with Crippen molar-refractivity contribution in [3.05, 3.63) is 34.9 Å². The summed E-state index contributed by atoms with van der Waals surface area (Å²) in [5.41, 5.74) is 1.63. The first-order valence-electron chi connectivity index (χ1n) is 6.05. The Kier molecular flexibility index (Phi) is 4.07. The minimum atomic E-state index is -0.770. The van der Waals surface area contributed by atoms with Crippen LogP contribution < -0.4 is 10.6 Å². The van der Waals surface area contributed by atoms with Crippen molar-refractivity contribution in [1.29, 1.82) is 0 Å². The van der Waals surface area contributed by atoms with Crippen molar-refractivity contribution in [2.45, 2.75) is 32.4 Å². The number of aryl methyl sites for hydroxylation is 1. The molecule has 1 aliphatic heterocycles. The highest BCUT2D eigenvalue weighted by atomic mass is 19.2. The van der Waals surface area contributed by atoms with Crippen LogP contribution >= 0.6 is 0 Å². The van der Waals surface area contributed by atoms with E-state index in [2.05, 4.69) is 10.6 Å². The van der Waals surface area contributed by atoms with Gasteiger partial charge in [0.05, 0.1) is 0 Å². The molecule has 1 heterocycles. The Morgan fingerprint density at radius 2 is 1.88 bits per heavy atom. The SMILES string of the molecule is Cc1cc(F)c(F)cc1CNC1CCNCC1. The Morgan fingerprint density at radius 1 is 1.24 bits per heavy atom. The van der Waals surface area contributed by atoms with Crippen LogP contribution in [0.4, 0.5) is 8.78 Å². The molecule has 1 aliphatic rings.